The van der Waals surface area contributed by atoms with Crippen LogP contribution in [0.15, 0.2) is 0 Å². The first-order chi connectivity index (χ1) is 8.07. The molecule has 0 unspecified atom stereocenters. The van der Waals surface area contributed by atoms with Gasteiger partial charge in [0, 0.05) is 0 Å². The van der Waals surface area contributed by atoms with E-state index in [9.17, 15) is 27.7 Å². The molecule has 3 N–H and O–H groups in total. The van der Waals surface area contributed by atoms with Crippen molar-refractivity contribution in [3.8, 4) is 0 Å². The second-order valence-corrected chi connectivity index (χ2v) is 5.24. The van der Waals surface area contributed by atoms with Crippen LogP contribution in [-0.2, 0) is 19.8 Å². The van der Waals surface area contributed by atoms with Crippen molar-refractivity contribution >= 4 is 22.3 Å². The monoisotopic (exact) mass is 281 g/mol. The number of nitrogens with zero attached hydrogens (tertiary/aromatic N) is 1. The van der Waals surface area contributed by atoms with Crippen LogP contribution in [0.4, 0.5) is 4.79 Å². The Kier molecular flexibility index (Phi) is 3.84. The van der Waals surface area contributed by atoms with Crippen molar-refractivity contribution in [1.82, 2.24) is 4.31 Å². The van der Waals surface area contributed by atoms with Crippen molar-refractivity contribution in [3.63, 3.8) is 0 Å². The molecule has 9 nitrogen and oxygen atoms in total. The number of primary amides is 1. The number of ether oxygens (including phenoxy) is 1. The minimum Gasteiger partial charge on any atom is -0.731 e. The number of aliphatic hydroxyl groups is 1. The fourth-order valence-corrected chi connectivity index (χ4v) is 2.93. The van der Waals surface area contributed by atoms with Gasteiger partial charge < -0.3 is 20.1 Å². The summed E-state index contributed by atoms with van der Waals surface area (Å²) < 4.78 is 37.3. The third kappa shape index (κ3) is 2.54. The molecule has 10 heteroatoms. The van der Waals surface area contributed by atoms with Gasteiger partial charge in [-0.3, -0.25) is 4.79 Å². The van der Waals surface area contributed by atoms with Gasteiger partial charge in [0.1, 0.15) is 6.10 Å². The fourth-order valence-electron chi connectivity index (χ4n) is 1.99. The normalized spacial score (nSPS) is 27.3. The molecule has 0 spiro atoms. The first kappa shape index (κ1) is 14.7. The van der Waals surface area contributed by atoms with Gasteiger partial charge in [0.15, 0.2) is 10.3 Å². The molecule has 0 bridgehead atoms. The number of hydrogen-bond donors (Lipinski definition) is 2. The number of rotatable bonds is 4. The van der Waals surface area contributed by atoms with Crippen LogP contribution in [-0.4, -0.2) is 52.6 Å². The Morgan fingerprint density at radius 3 is 2.39 bits per heavy atom. The van der Waals surface area contributed by atoms with Gasteiger partial charge in [-0.1, -0.05) is 0 Å². The summed E-state index contributed by atoms with van der Waals surface area (Å²) in [6, 6.07) is -1.24. The molecular formula is C8H13N2O7S-. The summed E-state index contributed by atoms with van der Waals surface area (Å²) in [6.45, 7) is 2.54. The van der Waals surface area contributed by atoms with Crippen molar-refractivity contribution < 1.29 is 32.4 Å². The van der Waals surface area contributed by atoms with Crippen molar-refractivity contribution in [2.45, 2.75) is 32.1 Å². The van der Waals surface area contributed by atoms with Gasteiger partial charge in [-0.15, -0.1) is 0 Å². The summed E-state index contributed by atoms with van der Waals surface area (Å²) in [7, 11) is -5.02. The highest BCUT2D eigenvalue weighted by molar-refractivity contribution is 7.84. The van der Waals surface area contributed by atoms with E-state index in [2.05, 4.69) is 4.74 Å². The van der Waals surface area contributed by atoms with Gasteiger partial charge in [0.05, 0.1) is 18.1 Å². The molecule has 1 fully saturated rings. The van der Waals surface area contributed by atoms with Crippen molar-refractivity contribution in [2.75, 3.05) is 0 Å². The van der Waals surface area contributed by atoms with Crippen LogP contribution in [0.25, 0.3) is 0 Å². The SMILES string of the molecule is C[C@H](OC(N)=O)[C@@H]1[C@@H]([C@@H](C)O)C(=O)N1S(=O)(=O)[O-]. The van der Waals surface area contributed by atoms with E-state index in [1.54, 1.807) is 0 Å². The Hall–Kier alpha value is -1.39. The summed E-state index contributed by atoms with van der Waals surface area (Å²) in [5.74, 6) is -2.15. The summed E-state index contributed by atoms with van der Waals surface area (Å²) in [5.41, 5.74) is 4.77. The quantitative estimate of drug-likeness (QED) is 0.453. The van der Waals surface area contributed by atoms with E-state index < -0.39 is 46.5 Å². The molecule has 0 radical (unpaired) electrons. The molecule has 18 heavy (non-hydrogen) atoms. The molecule has 1 saturated heterocycles. The fraction of sp³-hybridized carbons (Fsp3) is 0.750. The van der Waals surface area contributed by atoms with Crippen LogP contribution >= 0.6 is 0 Å². The van der Waals surface area contributed by atoms with Gasteiger partial charge in [-0.05, 0) is 13.8 Å². The molecule has 0 saturated carbocycles. The zero-order valence-corrected chi connectivity index (χ0v) is 10.5. The van der Waals surface area contributed by atoms with E-state index in [0.717, 1.165) is 0 Å². The Labute approximate surface area is 103 Å². The van der Waals surface area contributed by atoms with Crippen LogP contribution in [0.2, 0.25) is 0 Å². The summed E-state index contributed by atoms with van der Waals surface area (Å²) in [4.78, 5) is 22.0. The zero-order chi connectivity index (χ0) is 14.2. The van der Waals surface area contributed by atoms with E-state index in [0.29, 0.717) is 0 Å². The highest BCUT2D eigenvalue weighted by Crippen LogP contribution is 2.35. The van der Waals surface area contributed by atoms with Crippen LogP contribution in [0.3, 0.4) is 0 Å². The lowest BCUT2D eigenvalue weighted by atomic mass is 9.83. The maximum absolute atomic E-state index is 11.5. The van der Waals surface area contributed by atoms with E-state index in [-0.39, 0.29) is 4.31 Å². The van der Waals surface area contributed by atoms with Gasteiger partial charge >= 0.3 is 6.09 Å². The zero-order valence-electron chi connectivity index (χ0n) is 9.64. The highest BCUT2D eigenvalue weighted by atomic mass is 32.2. The van der Waals surface area contributed by atoms with Gasteiger partial charge in [0.2, 0.25) is 5.91 Å². The molecule has 4 atom stereocenters. The molecule has 1 heterocycles. The van der Waals surface area contributed by atoms with Crippen molar-refractivity contribution in [2.24, 2.45) is 11.7 Å². The summed E-state index contributed by atoms with van der Waals surface area (Å²) in [5, 5.41) is 9.36. The van der Waals surface area contributed by atoms with Crippen molar-refractivity contribution in [3.05, 3.63) is 0 Å². The molecule has 1 rings (SSSR count). The molecule has 0 aliphatic carbocycles. The minimum atomic E-state index is -5.02. The molecule has 104 valence electrons. The third-order valence-electron chi connectivity index (χ3n) is 2.68. The summed E-state index contributed by atoms with van der Waals surface area (Å²) >= 11 is 0. The van der Waals surface area contributed by atoms with Gasteiger partial charge in [-0.2, -0.15) is 0 Å². The largest absolute Gasteiger partial charge is 0.731 e. The maximum Gasteiger partial charge on any atom is 0.404 e. The lowest BCUT2D eigenvalue weighted by Crippen LogP contribution is -2.69. The Morgan fingerprint density at radius 1 is 1.56 bits per heavy atom. The molecule has 2 amide bonds. The number of nitrogens with two attached hydrogens (primary N) is 1. The standard InChI is InChI=1S/C8H14N2O7S/c1-3(11)5-6(4(2)17-8(9)13)10(7(5)12)18(14,15)16/h3-6,11H,1-2H3,(H2,9,13)(H,14,15,16)/p-1/t3-,4+,5-,6-/m1/s1. The van der Waals surface area contributed by atoms with E-state index in [1.807, 2.05) is 0 Å². The second-order valence-electron chi connectivity index (χ2n) is 3.99. The minimum absolute atomic E-state index is 0.0536. The van der Waals surface area contributed by atoms with E-state index in [1.165, 1.54) is 13.8 Å². The lowest BCUT2D eigenvalue weighted by Gasteiger charge is -2.50. The molecule has 1 aliphatic rings. The van der Waals surface area contributed by atoms with Crippen LogP contribution in [0.1, 0.15) is 13.8 Å². The predicted octanol–water partition coefficient (Wildman–Crippen LogP) is -1.86. The molecular weight excluding hydrogens is 268 g/mol. The number of aliphatic hydroxyl groups excluding tert-OH is 1. The Bertz CT molecular complexity index is 460. The highest BCUT2D eigenvalue weighted by Gasteiger charge is 2.56. The molecule has 1 aliphatic heterocycles. The number of carbonyl (C=O) groups is 2. The van der Waals surface area contributed by atoms with Gasteiger partial charge in [0.25, 0.3) is 0 Å². The van der Waals surface area contributed by atoms with E-state index in [4.69, 9.17) is 5.73 Å². The van der Waals surface area contributed by atoms with Crippen LogP contribution in [0.5, 0.6) is 0 Å². The Morgan fingerprint density at radius 2 is 2.06 bits per heavy atom. The predicted molar refractivity (Wildman–Crippen MR) is 55.6 cm³/mol. The van der Waals surface area contributed by atoms with Crippen LogP contribution < -0.4 is 5.73 Å². The topological polar surface area (TPSA) is 150 Å². The Balaban J connectivity index is 3.01. The summed E-state index contributed by atoms with van der Waals surface area (Å²) in [6.07, 6.45) is -3.47. The van der Waals surface area contributed by atoms with Crippen LogP contribution in [0, 0.1) is 5.92 Å². The average Bonchev–Trinajstić information content (AvgIpc) is 2.08. The number of amides is 2. The van der Waals surface area contributed by atoms with E-state index >= 15 is 0 Å². The second kappa shape index (κ2) is 4.71. The lowest BCUT2D eigenvalue weighted by molar-refractivity contribution is -0.160. The molecule has 0 aromatic rings. The average molecular weight is 281 g/mol. The van der Waals surface area contributed by atoms with Gasteiger partial charge in [-0.25, -0.2) is 17.5 Å². The molecule has 0 aromatic heterocycles. The number of β-lactam (4-membered cyclic amide) rings is 1. The number of hydrogen-bond acceptors (Lipinski definition) is 7. The third-order valence-corrected chi connectivity index (χ3v) is 3.59. The molecule has 0 aromatic carbocycles. The first-order valence-corrected chi connectivity index (χ1v) is 6.37. The first-order valence-electron chi connectivity index (χ1n) is 5.00. The van der Waals surface area contributed by atoms with Crippen molar-refractivity contribution in [1.29, 1.82) is 0 Å². The maximum atomic E-state index is 11.5. The smallest absolute Gasteiger partial charge is 0.404 e. The number of carbonyl (C=O) groups excluding carboxylic acids is 2.